The van der Waals surface area contributed by atoms with Gasteiger partial charge in [0.25, 0.3) is 10.0 Å². The smallest absolute Gasteiger partial charge is 0.263 e. The van der Waals surface area contributed by atoms with Crippen LogP contribution in [0.5, 0.6) is 5.75 Å². The van der Waals surface area contributed by atoms with Crippen molar-refractivity contribution in [2.45, 2.75) is 18.2 Å². The van der Waals surface area contributed by atoms with Crippen LogP contribution in [0, 0.1) is 0 Å². The van der Waals surface area contributed by atoms with Crippen LogP contribution in [0.25, 0.3) is 0 Å². The minimum atomic E-state index is -3.87. The average molecular weight is 447 g/mol. The monoisotopic (exact) mass is 446 g/mol. The number of phenols is 1. The minimum Gasteiger partial charge on any atom is -0.508 e. The molecular formula is C19H18N4O5S2. The van der Waals surface area contributed by atoms with Crippen molar-refractivity contribution in [3.8, 4) is 5.75 Å². The number of aromatic nitrogens is 1. The fraction of sp³-hybridized carbons (Fsp3) is 0.105. The van der Waals surface area contributed by atoms with E-state index in [2.05, 4.69) is 20.3 Å². The molecule has 0 atom stereocenters. The van der Waals surface area contributed by atoms with Gasteiger partial charge in [-0.15, -0.1) is 11.3 Å². The second-order valence-electron chi connectivity index (χ2n) is 6.23. The Morgan fingerprint density at radius 1 is 1.00 bits per heavy atom. The number of nitrogens with zero attached hydrogens (tertiary/aromatic N) is 1. The molecule has 0 unspecified atom stereocenters. The maximum absolute atomic E-state index is 12.5. The summed E-state index contributed by atoms with van der Waals surface area (Å²) in [7, 11) is -3.87. The normalized spacial score (nSPS) is 11.0. The van der Waals surface area contributed by atoms with Gasteiger partial charge in [0.2, 0.25) is 11.8 Å². The number of nitrogens with one attached hydrogen (secondary N) is 3. The van der Waals surface area contributed by atoms with Crippen molar-refractivity contribution in [3.63, 3.8) is 0 Å². The van der Waals surface area contributed by atoms with Crippen LogP contribution < -0.4 is 15.4 Å². The molecule has 11 heteroatoms. The lowest BCUT2D eigenvalue weighted by Gasteiger charge is -2.07. The lowest BCUT2D eigenvalue weighted by atomic mass is 10.2. The molecule has 4 N–H and O–H groups in total. The number of carbonyl (C=O) groups is 2. The summed E-state index contributed by atoms with van der Waals surface area (Å²) >= 11 is 1.06. The predicted octanol–water partition coefficient (Wildman–Crippen LogP) is 2.79. The van der Waals surface area contributed by atoms with Crippen molar-refractivity contribution in [2.75, 3.05) is 15.4 Å². The van der Waals surface area contributed by atoms with Crippen LogP contribution >= 0.6 is 11.3 Å². The molecule has 0 aliphatic rings. The van der Waals surface area contributed by atoms with E-state index in [4.69, 9.17) is 0 Å². The standard InChI is InChI=1S/C19H18N4O5S2/c1-12(24)20-13-4-8-17(9-5-13)30(27,28)23-19-22-15(11-29-19)10-18(26)21-14-2-6-16(25)7-3-14/h2-9,11,25H,10H2,1H3,(H,20,24)(H,21,26)(H,22,23). The van der Waals surface area contributed by atoms with Crippen molar-refractivity contribution in [1.29, 1.82) is 0 Å². The first-order valence-corrected chi connectivity index (χ1v) is 11.0. The first-order valence-electron chi connectivity index (χ1n) is 8.65. The zero-order valence-corrected chi connectivity index (χ0v) is 17.4. The quantitative estimate of drug-likeness (QED) is 0.412. The first-order chi connectivity index (χ1) is 14.2. The number of carbonyl (C=O) groups excluding carboxylic acids is 2. The second-order valence-corrected chi connectivity index (χ2v) is 8.77. The zero-order valence-electron chi connectivity index (χ0n) is 15.7. The van der Waals surface area contributed by atoms with Gasteiger partial charge in [0, 0.05) is 23.7 Å². The Morgan fingerprint density at radius 2 is 1.60 bits per heavy atom. The summed E-state index contributed by atoms with van der Waals surface area (Å²) in [6.45, 7) is 1.36. The Bertz CT molecular complexity index is 1160. The Labute approximate surface area is 176 Å². The SMILES string of the molecule is CC(=O)Nc1ccc(S(=O)(=O)Nc2nc(CC(=O)Nc3ccc(O)cc3)cs2)cc1. The van der Waals surface area contributed by atoms with Gasteiger partial charge in [-0.2, -0.15) is 0 Å². The van der Waals surface area contributed by atoms with Gasteiger partial charge < -0.3 is 15.7 Å². The van der Waals surface area contributed by atoms with Crippen molar-refractivity contribution in [1.82, 2.24) is 4.98 Å². The topological polar surface area (TPSA) is 137 Å². The van der Waals surface area contributed by atoms with E-state index >= 15 is 0 Å². The zero-order chi connectivity index (χ0) is 21.7. The number of thiazole rings is 1. The molecule has 0 saturated carbocycles. The first kappa shape index (κ1) is 21.3. The molecule has 2 amide bonds. The number of anilines is 3. The van der Waals surface area contributed by atoms with Gasteiger partial charge in [-0.05, 0) is 48.5 Å². The van der Waals surface area contributed by atoms with Crippen LogP contribution in [0.3, 0.4) is 0 Å². The van der Waals surface area contributed by atoms with Crippen LogP contribution in [0.2, 0.25) is 0 Å². The van der Waals surface area contributed by atoms with E-state index in [0.717, 1.165) is 11.3 Å². The highest BCUT2D eigenvalue weighted by Crippen LogP contribution is 2.22. The molecule has 9 nitrogen and oxygen atoms in total. The molecule has 1 aromatic heterocycles. The summed E-state index contributed by atoms with van der Waals surface area (Å²) in [5.74, 6) is -0.489. The summed E-state index contributed by atoms with van der Waals surface area (Å²) in [5.41, 5.74) is 1.42. The van der Waals surface area contributed by atoms with Crippen molar-refractivity contribution < 1.29 is 23.1 Å². The van der Waals surface area contributed by atoms with Gasteiger partial charge in [-0.1, -0.05) is 0 Å². The number of benzene rings is 2. The molecule has 0 aliphatic carbocycles. The van der Waals surface area contributed by atoms with E-state index in [1.54, 1.807) is 17.5 Å². The van der Waals surface area contributed by atoms with Gasteiger partial charge in [-0.3, -0.25) is 14.3 Å². The summed E-state index contributed by atoms with van der Waals surface area (Å²) in [4.78, 5) is 27.3. The fourth-order valence-electron chi connectivity index (χ4n) is 2.44. The van der Waals surface area contributed by atoms with Gasteiger partial charge >= 0.3 is 0 Å². The second kappa shape index (κ2) is 8.93. The number of sulfonamides is 1. The van der Waals surface area contributed by atoms with Crippen molar-refractivity contribution in [2.24, 2.45) is 0 Å². The van der Waals surface area contributed by atoms with E-state index in [9.17, 15) is 23.1 Å². The fourth-order valence-corrected chi connectivity index (χ4v) is 4.41. The molecular weight excluding hydrogens is 428 g/mol. The van der Waals surface area contributed by atoms with E-state index in [0.29, 0.717) is 17.1 Å². The third-order valence-corrected chi connectivity index (χ3v) is 6.04. The summed E-state index contributed by atoms with van der Waals surface area (Å²) in [6.07, 6.45) is -0.0372. The van der Waals surface area contributed by atoms with Gasteiger partial charge in [-0.25, -0.2) is 13.4 Å². The van der Waals surface area contributed by atoms with Crippen LogP contribution in [-0.2, 0) is 26.0 Å². The number of phenolic OH excluding ortho intramolecular Hbond substituents is 1. The lowest BCUT2D eigenvalue weighted by Crippen LogP contribution is -2.15. The molecule has 30 heavy (non-hydrogen) atoms. The molecule has 1 heterocycles. The minimum absolute atomic E-state index is 0.0124. The van der Waals surface area contributed by atoms with Crippen LogP contribution in [-0.4, -0.2) is 30.3 Å². The third kappa shape index (κ3) is 5.78. The molecule has 0 bridgehead atoms. The molecule has 3 rings (SSSR count). The number of rotatable bonds is 7. The Morgan fingerprint density at radius 3 is 2.23 bits per heavy atom. The van der Waals surface area contributed by atoms with E-state index in [1.165, 1.54) is 43.3 Å². The average Bonchev–Trinajstić information content (AvgIpc) is 3.09. The van der Waals surface area contributed by atoms with Crippen molar-refractivity contribution in [3.05, 3.63) is 59.6 Å². The van der Waals surface area contributed by atoms with E-state index in [-0.39, 0.29) is 34.0 Å². The maximum atomic E-state index is 12.5. The highest BCUT2D eigenvalue weighted by Gasteiger charge is 2.17. The molecule has 0 radical (unpaired) electrons. The number of amides is 2. The Kier molecular flexibility index (Phi) is 6.33. The van der Waals surface area contributed by atoms with E-state index < -0.39 is 10.0 Å². The van der Waals surface area contributed by atoms with Gasteiger partial charge in [0.1, 0.15) is 5.75 Å². The highest BCUT2D eigenvalue weighted by molar-refractivity contribution is 7.93. The van der Waals surface area contributed by atoms with Crippen LogP contribution in [0.4, 0.5) is 16.5 Å². The van der Waals surface area contributed by atoms with Gasteiger partial charge in [0.05, 0.1) is 17.0 Å². The summed E-state index contributed by atoms with van der Waals surface area (Å²) in [6, 6.07) is 11.7. The lowest BCUT2D eigenvalue weighted by molar-refractivity contribution is -0.116. The maximum Gasteiger partial charge on any atom is 0.263 e. The third-order valence-electron chi connectivity index (χ3n) is 3.75. The number of hydrogen-bond donors (Lipinski definition) is 4. The Balaban J connectivity index is 1.61. The summed E-state index contributed by atoms with van der Waals surface area (Å²) in [5, 5.41) is 16.2. The molecule has 0 saturated heterocycles. The molecule has 0 fully saturated rings. The largest absolute Gasteiger partial charge is 0.508 e. The molecule has 0 aliphatic heterocycles. The predicted molar refractivity (Wildman–Crippen MR) is 114 cm³/mol. The number of hydrogen-bond acceptors (Lipinski definition) is 7. The molecule has 2 aromatic carbocycles. The van der Waals surface area contributed by atoms with Crippen LogP contribution in [0.1, 0.15) is 12.6 Å². The Hall–Kier alpha value is -3.44. The summed E-state index contributed by atoms with van der Waals surface area (Å²) < 4.78 is 27.4. The highest BCUT2D eigenvalue weighted by atomic mass is 32.2. The van der Waals surface area contributed by atoms with Crippen LogP contribution in [0.15, 0.2) is 58.8 Å². The number of aromatic hydroxyl groups is 1. The molecule has 3 aromatic rings. The molecule has 156 valence electrons. The van der Waals surface area contributed by atoms with E-state index in [1.807, 2.05) is 0 Å². The van der Waals surface area contributed by atoms with Gasteiger partial charge in [0.15, 0.2) is 5.13 Å². The van der Waals surface area contributed by atoms with Crippen molar-refractivity contribution >= 4 is 49.7 Å². The molecule has 0 spiro atoms.